The minimum absolute atomic E-state index is 0.0907. The number of methoxy groups -OCH3 is 1. The lowest BCUT2D eigenvalue weighted by atomic mass is 9.48. The van der Waals surface area contributed by atoms with E-state index >= 15 is 0 Å². The van der Waals surface area contributed by atoms with E-state index in [0.29, 0.717) is 18.1 Å². The van der Waals surface area contributed by atoms with Crippen LogP contribution in [-0.2, 0) is 4.74 Å². The van der Waals surface area contributed by atoms with Crippen molar-refractivity contribution in [3.05, 3.63) is 0 Å². The third-order valence-corrected chi connectivity index (χ3v) is 6.08. The number of hydrogen-bond donors (Lipinski definition) is 2. The molecular formula is C16H29NO2. The minimum Gasteiger partial charge on any atom is -0.395 e. The quantitative estimate of drug-likeness (QED) is 0.775. The molecule has 4 fully saturated rings. The van der Waals surface area contributed by atoms with E-state index in [9.17, 15) is 5.11 Å². The number of ether oxygens (including phenoxy) is 1. The maximum Gasteiger partial charge on any atom is 0.0638 e. The van der Waals surface area contributed by atoms with Gasteiger partial charge < -0.3 is 15.2 Å². The maximum absolute atomic E-state index is 9.45. The monoisotopic (exact) mass is 267 g/mol. The highest BCUT2D eigenvalue weighted by molar-refractivity contribution is 5.05. The van der Waals surface area contributed by atoms with Crippen LogP contribution in [0.1, 0.15) is 45.4 Å². The van der Waals surface area contributed by atoms with E-state index in [1.165, 1.54) is 38.5 Å². The van der Waals surface area contributed by atoms with E-state index in [2.05, 4.69) is 12.2 Å². The molecule has 0 aromatic heterocycles. The normalized spacial score (nSPS) is 43.4. The summed E-state index contributed by atoms with van der Waals surface area (Å²) in [5, 5.41) is 13.1. The first-order valence-electron chi connectivity index (χ1n) is 8.01. The smallest absolute Gasteiger partial charge is 0.0638 e. The van der Waals surface area contributed by atoms with E-state index in [0.717, 1.165) is 17.8 Å². The number of hydrogen-bond acceptors (Lipinski definition) is 3. The molecule has 0 aromatic rings. The van der Waals surface area contributed by atoms with E-state index in [-0.39, 0.29) is 12.6 Å². The predicted molar refractivity (Wildman–Crippen MR) is 76.0 cm³/mol. The topological polar surface area (TPSA) is 41.5 Å². The SMILES string of the molecule is COCC(CO)NC(C)C12CC3CC(CC(C3)C1)C2. The van der Waals surface area contributed by atoms with Gasteiger partial charge in [0.1, 0.15) is 0 Å². The van der Waals surface area contributed by atoms with Crippen molar-refractivity contribution in [2.45, 2.75) is 57.5 Å². The molecule has 0 amide bonds. The summed E-state index contributed by atoms with van der Waals surface area (Å²) < 4.78 is 5.19. The molecule has 2 unspecified atom stereocenters. The number of aliphatic hydroxyl groups is 1. The van der Waals surface area contributed by atoms with Crippen LogP contribution in [0.3, 0.4) is 0 Å². The highest BCUT2D eigenvalue weighted by Gasteiger charge is 2.53. The lowest BCUT2D eigenvalue weighted by molar-refractivity contribution is -0.0743. The Labute approximate surface area is 117 Å². The van der Waals surface area contributed by atoms with Crippen molar-refractivity contribution in [1.82, 2.24) is 5.32 Å². The van der Waals surface area contributed by atoms with Crippen molar-refractivity contribution in [2.75, 3.05) is 20.3 Å². The Hall–Kier alpha value is -0.120. The van der Waals surface area contributed by atoms with Crippen molar-refractivity contribution >= 4 is 0 Å². The van der Waals surface area contributed by atoms with Gasteiger partial charge in [0.25, 0.3) is 0 Å². The molecule has 0 radical (unpaired) electrons. The molecule has 3 heteroatoms. The molecule has 3 nitrogen and oxygen atoms in total. The van der Waals surface area contributed by atoms with Crippen LogP contribution < -0.4 is 5.32 Å². The molecule has 0 saturated heterocycles. The molecule has 0 aliphatic heterocycles. The number of rotatable bonds is 6. The highest BCUT2D eigenvalue weighted by Crippen LogP contribution is 2.61. The molecule has 110 valence electrons. The lowest BCUT2D eigenvalue weighted by Gasteiger charge is -2.59. The largest absolute Gasteiger partial charge is 0.395 e. The summed E-state index contributed by atoms with van der Waals surface area (Å²) in [7, 11) is 1.71. The van der Waals surface area contributed by atoms with Gasteiger partial charge in [-0.05, 0) is 68.6 Å². The zero-order chi connectivity index (χ0) is 13.5. The fourth-order valence-electron chi connectivity index (χ4n) is 5.59. The second kappa shape index (κ2) is 5.34. The van der Waals surface area contributed by atoms with Gasteiger partial charge >= 0.3 is 0 Å². The first-order valence-corrected chi connectivity index (χ1v) is 8.01. The molecule has 0 heterocycles. The van der Waals surface area contributed by atoms with Gasteiger partial charge in [0.05, 0.1) is 19.3 Å². The van der Waals surface area contributed by atoms with Gasteiger partial charge in [0, 0.05) is 13.2 Å². The number of aliphatic hydroxyl groups excluding tert-OH is 1. The summed E-state index contributed by atoms with van der Waals surface area (Å²) in [4.78, 5) is 0. The van der Waals surface area contributed by atoms with E-state index in [1.54, 1.807) is 7.11 Å². The Kier molecular flexibility index (Phi) is 3.89. The summed E-state index contributed by atoms with van der Waals surface area (Å²) >= 11 is 0. The summed E-state index contributed by atoms with van der Waals surface area (Å²) in [5.41, 5.74) is 0.510. The molecule has 4 bridgehead atoms. The van der Waals surface area contributed by atoms with Crippen LogP contribution >= 0.6 is 0 Å². The first kappa shape index (κ1) is 13.8. The van der Waals surface area contributed by atoms with Gasteiger partial charge in [-0.3, -0.25) is 0 Å². The van der Waals surface area contributed by atoms with Crippen molar-refractivity contribution < 1.29 is 9.84 Å². The highest BCUT2D eigenvalue weighted by atomic mass is 16.5. The molecule has 4 aliphatic carbocycles. The third kappa shape index (κ3) is 2.57. The van der Waals surface area contributed by atoms with Crippen LogP contribution in [-0.4, -0.2) is 37.5 Å². The van der Waals surface area contributed by atoms with Gasteiger partial charge in [-0.25, -0.2) is 0 Å². The van der Waals surface area contributed by atoms with Crippen LogP contribution in [0.25, 0.3) is 0 Å². The van der Waals surface area contributed by atoms with Crippen LogP contribution in [0.2, 0.25) is 0 Å². The van der Waals surface area contributed by atoms with Crippen LogP contribution in [0.4, 0.5) is 0 Å². The Morgan fingerprint density at radius 1 is 1.16 bits per heavy atom. The summed E-state index contributed by atoms with van der Waals surface area (Å²) in [6, 6.07) is 0.598. The first-order chi connectivity index (χ1) is 9.15. The van der Waals surface area contributed by atoms with Gasteiger partial charge in [0.15, 0.2) is 0 Å². The van der Waals surface area contributed by atoms with Crippen LogP contribution in [0.15, 0.2) is 0 Å². The summed E-state index contributed by atoms with van der Waals surface area (Å²) in [5.74, 6) is 2.97. The Balaban J connectivity index is 1.67. The molecular weight excluding hydrogens is 238 g/mol. The zero-order valence-electron chi connectivity index (χ0n) is 12.4. The number of nitrogens with one attached hydrogen (secondary N) is 1. The lowest BCUT2D eigenvalue weighted by Crippen LogP contribution is -2.57. The average molecular weight is 267 g/mol. The minimum atomic E-state index is 0.0907. The summed E-state index contributed by atoms with van der Waals surface area (Å²) in [6.45, 7) is 3.11. The van der Waals surface area contributed by atoms with E-state index < -0.39 is 0 Å². The molecule has 4 saturated carbocycles. The van der Waals surface area contributed by atoms with Crippen molar-refractivity contribution in [2.24, 2.45) is 23.2 Å². The van der Waals surface area contributed by atoms with Gasteiger partial charge in [0.2, 0.25) is 0 Å². The second-order valence-corrected chi connectivity index (χ2v) is 7.50. The Morgan fingerprint density at radius 3 is 2.11 bits per heavy atom. The molecule has 0 spiro atoms. The zero-order valence-corrected chi connectivity index (χ0v) is 12.4. The summed E-state index contributed by atoms with van der Waals surface area (Å²) in [6.07, 6.45) is 8.73. The van der Waals surface area contributed by atoms with E-state index in [1.807, 2.05) is 0 Å². The Morgan fingerprint density at radius 2 is 1.68 bits per heavy atom. The third-order valence-electron chi connectivity index (χ3n) is 6.08. The molecule has 19 heavy (non-hydrogen) atoms. The fourth-order valence-corrected chi connectivity index (χ4v) is 5.59. The van der Waals surface area contributed by atoms with Crippen LogP contribution in [0, 0.1) is 23.2 Å². The molecule has 4 aliphatic rings. The predicted octanol–water partition coefficient (Wildman–Crippen LogP) is 2.19. The van der Waals surface area contributed by atoms with Gasteiger partial charge in [-0.1, -0.05) is 0 Å². The van der Waals surface area contributed by atoms with Crippen LogP contribution in [0.5, 0.6) is 0 Å². The maximum atomic E-state index is 9.45. The van der Waals surface area contributed by atoms with E-state index in [4.69, 9.17) is 4.74 Å². The molecule has 0 aromatic carbocycles. The molecule has 2 atom stereocenters. The van der Waals surface area contributed by atoms with Gasteiger partial charge in [-0.2, -0.15) is 0 Å². The van der Waals surface area contributed by atoms with Gasteiger partial charge in [-0.15, -0.1) is 0 Å². The van der Waals surface area contributed by atoms with Crippen molar-refractivity contribution in [1.29, 1.82) is 0 Å². The second-order valence-electron chi connectivity index (χ2n) is 7.50. The molecule has 4 rings (SSSR count). The molecule has 2 N–H and O–H groups in total. The fraction of sp³-hybridized carbons (Fsp3) is 1.00. The average Bonchev–Trinajstić information content (AvgIpc) is 2.36. The standard InChI is InChI=1S/C16H29NO2/c1-11(17-15(9-18)10-19-2)16-6-12-3-13(7-16)5-14(4-12)8-16/h11-15,17-18H,3-10H2,1-2H3. The van der Waals surface area contributed by atoms with Crippen molar-refractivity contribution in [3.8, 4) is 0 Å². The Bertz CT molecular complexity index is 283. The van der Waals surface area contributed by atoms with Crippen molar-refractivity contribution in [3.63, 3.8) is 0 Å².